The molecule has 0 fully saturated rings. The Morgan fingerprint density at radius 2 is 1.64 bits per heavy atom. The standard InChI is InChI=1S/C10H13F2NS/c1-10(2,13)6-4-7(11)9(14-3)8(12)5-6/h4-5H,13H2,1-3H3. The fourth-order valence-electron chi connectivity index (χ4n) is 1.13. The van der Waals surface area contributed by atoms with Crippen LogP contribution in [0.15, 0.2) is 17.0 Å². The van der Waals surface area contributed by atoms with Gasteiger partial charge in [-0.15, -0.1) is 11.8 Å². The summed E-state index contributed by atoms with van der Waals surface area (Å²) in [4.78, 5) is 0.0398. The molecule has 2 N–H and O–H groups in total. The van der Waals surface area contributed by atoms with E-state index in [0.29, 0.717) is 5.56 Å². The van der Waals surface area contributed by atoms with Crippen molar-refractivity contribution in [2.45, 2.75) is 24.3 Å². The van der Waals surface area contributed by atoms with Crippen molar-refractivity contribution in [3.8, 4) is 0 Å². The van der Waals surface area contributed by atoms with Crippen LogP contribution in [0.3, 0.4) is 0 Å². The summed E-state index contributed by atoms with van der Waals surface area (Å²) < 4.78 is 26.7. The number of hydrogen-bond donors (Lipinski definition) is 1. The number of nitrogens with two attached hydrogens (primary N) is 1. The van der Waals surface area contributed by atoms with Gasteiger partial charge in [-0.2, -0.15) is 0 Å². The average molecular weight is 217 g/mol. The molecular weight excluding hydrogens is 204 g/mol. The first kappa shape index (κ1) is 11.5. The molecule has 0 spiro atoms. The third-order valence-electron chi connectivity index (χ3n) is 1.95. The molecule has 0 saturated carbocycles. The zero-order chi connectivity index (χ0) is 10.9. The maximum Gasteiger partial charge on any atom is 0.140 e. The van der Waals surface area contributed by atoms with Crippen LogP contribution < -0.4 is 5.73 Å². The second kappa shape index (κ2) is 3.87. The summed E-state index contributed by atoms with van der Waals surface area (Å²) in [5.41, 5.74) is 5.49. The van der Waals surface area contributed by atoms with Gasteiger partial charge in [0.15, 0.2) is 0 Å². The van der Waals surface area contributed by atoms with E-state index >= 15 is 0 Å². The van der Waals surface area contributed by atoms with E-state index in [-0.39, 0.29) is 4.90 Å². The Labute approximate surface area is 86.7 Å². The van der Waals surface area contributed by atoms with Crippen molar-refractivity contribution in [1.29, 1.82) is 0 Å². The summed E-state index contributed by atoms with van der Waals surface area (Å²) in [5.74, 6) is -1.10. The predicted octanol–water partition coefficient (Wildman–Crippen LogP) is 2.88. The van der Waals surface area contributed by atoms with Crippen molar-refractivity contribution >= 4 is 11.8 Å². The third kappa shape index (κ3) is 2.25. The number of benzene rings is 1. The molecule has 0 amide bonds. The van der Waals surface area contributed by atoms with Gasteiger partial charge in [0.25, 0.3) is 0 Å². The second-order valence-electron chi connectivity index (χ2n) is 3.69. The lowest BCUT2D eigenvalue weighted by Crippen LogP contribution is -2.29. The van der Waals surface area contributed by atoms with Crippen LogP contribution in [0.25, 0.3) is 0 Å². The summed E-state index contributed by atoms with van der Waals surface area (Å²) in [6.45, 7) is 3.42. The number of thioether (sulfide) groups is 1. The quantitative estimate of drug-likeness (QED) is 0.771. The van der Waals surface area contributed by atoms with Gasteiger partial charge in [0.2, 0.25) is 0 Å². The van der Waals surface area contributed by atoms with Gasteiger partial charge >= 0.3 is 0 Å². The summed E-state index contributed by atoms with van der Waals surface area (Å²) in [6.07, 6.45) is 1.63. The molecule has 1 rings (SSSR count). The predicted molar refractivity (Wildman–Crippen MR) is 55.4 cm³/mol. The molecular formula is C10H13F2NS. The molecule has 0 aliphatic carbocycles. The Kier molecular flexibility index (Phi) is 3.17. The van der Waals surface area contributed by atoms with E-state index in [1.54, 1.807) is 20.1 Å². The lowest BCUT2D eigenvalue weighted by atomic mass is 9.95. The van der Waals surface area contributed by atoms with Crippen molar-refractivity contribution < 1.29 is 8.78 Å². The highest BCUT2D eigenvalue weighted by Gasteiger charge is 2.19. The fourth-order valence-corrected chi connectivity index (χ4v) is 1.63. The molecule has 78 valence electrons. The van der Waals surface area contributed by atoms with Gasteiger partial charge in [-0.1, -0.05) is 0 Å². The Morgan fingerprint density at radius 3 is 1.93 bits per heavy atom. The Hall–Kier alpha value is -0.610. The van der Waals surface area contributed by atoms with Crippen molar-refractivity contribution in [1.82, 2.24) is 0 Å². The first-order chi connectivity index (χ1) is 6.36. The minimum absolute atomic E-state index is 0.0398. The molecule has 1 nitrogen and oxygen atoms in total. The lowest BCUT2D eigenvalue weighted by Gasteiger charge is -2.19. The molecule has 0 aromatic heterocycles. The Bertz CT molecular complexity index is 321. The molecule has 0 aliphatic heterocycles. The Morgan fingerprint density at radius 1 is 1.21 bits per heavy atom. The van der Waals surface area contributed by atoms with Crippen LogP contribution in [0.5, 0.6) is 0 Å². The van der Waals surface area contributed by atoms with E-state index in [4.69, 9.17) is 5.73 Å². The lowest BCUT2D eigenvalue weighted by molar-refractivity contribution is 0.505. The number of hydrogen-bond acceptors (Lipinski definition) is 2. The molecule has 0 radical (unpaired) electrons. The van der Waals surface area contributed by atoms with Crippen LogP contribution >= 0.6 is 11.8 Å². The molecule has 0 aliphatic rings. The van der Waals surface area contributed by atoms with Crippen LogP contribution in [0.4, 0.5) is 8.78 Å². The van der Waals surface area contributed by atoms with E-state index in [1.807, 2.05) is 0 Å². The van der Waals surface area contributed by atoms with E-state index in [1.165, 1.54) is 12.1 Å². The highest BCUT2D eigenvalue weighted by Crippen LogP contribution is 2.27. The van der Waals surface area contributed by atoms with Gasteiger partial charge in [-0.05, 0) is 37.8 Å². The van der Waals surface area contributed by atoms with Crippen LogP contribution in [-0.4, -0.2) is 6.26 Å². The fraction of sp³-hybridized carbons (Fsp3) is 0.400. The van der Waals surface area contributed by atoms with E-state index < -0.39 is 17.2 Å². The van der Waals surface area contributed by atoms with Gasteiger partial charge < -0.3 is 5.73 Å². The zero-order valence-corrected chi connectivity index (χ0v) is 9.21. The normalized spacial score (nSPS) is 11.9. The van der Waals surface area contributed by atoms with E-state index in [0.717, 1.165) is 11.8 Å². The molecule has 0 atom stereocenters. The monoisotopic (exact) mass is 217 g/mol. The maximum atomic E-state index is 13.3. The SMILES string of the molecule is CSc1c(F)cc(C(C)(C)N)cc1F. The zero-order valence-electron chi connectivity index (χ0n) is 8.40. The van der Waals surface area contributed by atoms with Crippen molar-refractivity contribution in [3.63, 3.8) is 0 Å². The maximum absolute atomic E-state index is 13.3. The van der Waals surface area contributed by atoms with Gasteiger partial charge in [0, 0.05) is 5.54 Å². The van der Waals surface area contributed by atoms with Crippen LogP contribution in [0, 0.1) is 11.6 Å². The smallest absolute Gasteiger partial charge is 0.140 e. The highest BCUT2D eigenvalue weighted by atomic mass is 32.2. The molecule has 4 heteroatoms. The van der Waals surface area contributed by atoms with Crippen LogP contribution in [0.2, 0.25) is 0 Å². The summed E-state index contributed by atoms with van der Waals surface area (Å²) in [7, 11) is 0. The first-order valence-electron chi connectivity index (χ1n) is 4.18. The molecule has 0 saturated heterocycles. The van der Waals surface area contributed by atoms with E-state index in [9.17, 15) is 8.78 Å². The highest BCUT2D eigenvalue weighted by molar-refractivity contribution is 7.98. The number of halogens is 2. The van der Waals surface area contributed by atoms with Crippen LogP contribution in [0.1, 0.15) is 19.4 Å². The first-order valence-corrected chi connectivity index (χ1v) is 5.41. The van der Waals surface area contributed by atoms with Gasteiger partial charge in [-0.25, -0.2) is 8.78 Å². The Balaban J connectivity index is 3.28. The van der Waals surface area contributed by atoms with Crippen LogP contribution in [-0.2, 0) is 5.54 Å². The van der Waals surface area contributed by atoms with Gasteiger partial charge in [0.1, 0.15) is 11.6 Å². The summed E-state index contributed by atoms with van der Waals surface area (Å²) >= 11 is 1.05. The topological polar surface area (TPSA) is 26.0 Å². The van der Waals surface area contributed by atoms with Gasteiger partial charge in [0.05, 0.1) is 4.90 Å². The van der Waals surface area contributed by atoms with Crippen molar-refractivity contribution in [3.05, 3.63) is 29.3 Å². The average Bonchev–Trinajstić information content (AvgIpc) is 2.01. The van der Waals surface area contributed by atoms with Crippen molar-refractivity contribution in [2.24, 2.45) is 5.73 Å². The molecule has 0 bridgehead atoms. The van der Waals surface area contributed by atoms with Crippen molar-refractivity contribution in [2.75, 3.05) is 6.26 Å². The van der Waals surface area contributed by atoms with E-state index in [2.05, 4.69) is 0 Å². The minimum Gasteiger partial charge on any atom is -0.322 e. The van der Waals surface area contributed by atoms with Gasteiger partial charge in [-0.3, -0.25) is 0 Å². The largest absolute Gasteiger partial charge is 0.322 e. The summed E-state index contributed by atoms with van der Waals surface area (Å²) in [5, 5.41) is 0. The summed E-state index contributed by atoms with van der Waals surface area (Å²) in [6, 6.07) is 2.57. The molecule has 0 heterocycles. The minimum atomic E-state index is -0.724. The second-order valence-corrected chi connectivity index (χ2v) is 4.51. The third-order valence-corrected chi connectivity index (χ3v) is 2.74. The molecule has 1 aromatic rings. The molecule has 14 heavy (non-hydrogen) atoms. The molecule has 0 unspecified atom stereocenters. The number of rotatable bonds is 2. The molecule has 1 aromatic carbocycles.